The Hall–Kier alpha value is -2.86. The fourth-order valence-electron chi connectivity index (χ4n) is 3.46. The maximum absolute atomic E-state index is 2.34. The molecule has 0 saturated heterocycles. The third-order valence-corrected chi connectivity index (χ3v) is 5.08. The van der Waals surface area contributed by atoms with E-state index in [0.717, 1.165) is 0 Å². The normalized spacial score (nSPS) is 11.0. The quantitative estimate of drug-likeness (QED) is 0.369. The molecule has 0 unspecified atom stereocenters. The number of hydrogen-bond acceptors (Lipinski definition) is 0. The molecule has 0 aliphatic carbocycles. The summed E-state index contributed by atoms with van der Waals surface area (Å²) in [5, 5.41) is 2.65. The topological polar surface area (TPSA) is 0 Å². The van der Waals surface area contributed by atoms with Gasteiger partial charge in [-0.2, -0.15) is 0 Å². The van der Waals surface area contributed by atoms with Gasteiger partial charge in [-0.15, -0.1) is 0 Å². The minimum absolute atomic E-state index is 1.27. The van der Waals surface area contributed by atoms with E-state index in [-0.39, 0.29) is 0 Å². The molecular formula is C25H22. The summed E-state index contributed by atoms with van der Waals surface area (Å²) in [6.45, 7) is 6.53. The monoisotopic (exact) mass is 322 g/mol. The number of fused-ring (bicyclic) bond motifs is 1. The van der Waals surface area contributed by atoms with Gasteiger partial charge in [0.15, 0.2) is 0 Å². The first-order chi connectivity index (χ1) is 12.1. The van der Waals surface area contributed by atoms with Crippen molar-refractivity contribution in [2.75, 3.05) is 0 Å². The second-order valence-electron chi connectivity index (χ2n) is 6.87. The van der Waals surface area contributed by atoms with E-state index in [1.54, 1.807) is 0 Å². The smallest absolute Gasteiger partial charge is 0.00963 e. The molecule has 0 bridgehead atoms. The van der Waals surface area contributed by atoms with Crippen molar-refractivity contribution >= 4 is 10.8 Å². The third-order valence-electron chi connectivity index (χ3n) is 5.08. The van der Waals surface area contributed by atoms with Gasteiger partial charge < -0.3 is 0 Å². The Kier molecular flexibility index (Phi) is 3.89. The van der Waals surface area contributed by atoms with E-state index >= 15 is 0 Å². The van der Waals surface area contributed by atoms with Gasteiger partial charge in [-0.25, -0.2) is 0 Å². The van der Waals surface area contributed by atoms with Crippen LogP contribution < -0.4 is 0 Å². The van der Waals surface area contributed by atoms with Crippen LogP contribution in [0, 0.1) is 20.8 Å². The first-order valence-electron chi connectivity index (χ1n) is 8.80. The first-order valence-corrected chi connectivity index (χ1v) is 8.80. The molecule has 0 aliphatic rings. The van der Waals surface area contributed by atoms with Crippen molar-refractivity contribution in [3.8, 4) is 22.3 Å². The van der Waals surface area contributed by atoms with Gasteiger partial charge in [-0.05, 0) is 64.9 Å². The minimum Gasteiger partial charge on any atom is -0.0622 e. The Morgan fingerprint density at radius 2 is 0.960 bits per heavy atom. The lowest BCUT2D eigenvalue weighted by Crippen LogP contribution is -1.89. The second kappa shape index (κ2) is 6.22. The van der Waals surface area contributed by atoms with Gasteiger partial charge in [-0.1, -0.05) is 84.4 Å². The van der Waals surface area contributed by atoms with E-state index < -0.39 is 0 Å². The Morgan fingerprint density at radius 1 is 0.480 bits per heavy atom. The van der Waals surface area contributed by atoms with Gasteiger partial charge >= 0.3 is 0 Å². The lowest BCUT2D eigenvalue weighted by atomic mass is 9.89. The molecule has 0 saturated carbocycles. The lowest BCUT2D eigenvalue weighted by Gasteiger charge is -2.14. The van der Waals surface area contributed by atoms with Gasteiger partial charge in [-0.3, -0.25) is 0 Å². The van der Waals surface area contributed by atoms with Crippen LogP contribution >= 0.6 is 0 Å². The Morgan fingerprint density at radius 3 is 1.48 bits per heavy atom. The average Bonchev–Trinajstić information content (AvgIpc) is 2.63. The second-order valence-corrected chi connectivity index (χ2v) is 6.87. The van der Waals surface area contributed by atoms with Crippen LogP contribution in [-0.4, -0.2) is 0 Å². The highest BCUT2D eigenvalue weighted by Crippen LogP contribution is 2.37. The molecule has 0 amide bonds. The van der Waals surface area contributed by atoms with Crippen molar-refractivity contribution < 1.29 is 0 Å². The maximum atomic E-state index is 2.34. The molecule has 0 atom stereocenters. The molecule has 4 rings (SSSR count). The average molecular weight is 322 g/mol. The number of aryl methyl sites for hydroxylation is 3. The van der Waals surface area contributed by atoms with Crippen LogP contribution in [0.2, 0.25) is 0 Å². The number of rotatable bonds is 2. The Balaban J connectivity index is 2.04. The molecule has 0 nitrogen and oxygen atoms in total. The van der Waals surface area contributed by atoms with E-state index in [2.05, 4.69) is 99.6 Å². The first kappa shape index (κ1) is 15.7. The van der Waals surface area contributed by atoms with Gasteiger partial charge in [0.2, 0.25) is 0 Å². The number of hydrogen-bond donors (Lipinski definition) is 0. The lowest BCUT2D eigenvalue weighted by molar-refractivity contribution is 1.36. The van der Waals surface area contributed by atoms with E-state index in [1.165, 1.54) is 49.7 Å². The SMILES string of the molecule is Cc1ccc(-c2ccc(-c3ccccc3)c3cc(C)c(C)cc23)cc1. The standard InChI is InChI=1S/C25H22/c1-17-9-11-21(12-10-17)23-14-13-22(20-7-5-4-6-8-20)24-15-18(2)19(3)16-25(23)24/h4-16H,1-3H3. The zero-order chi connectivity index (χ0) is 17.4. The summed E-state index contributed by atoms with van der Waals surface area (Å²) >= 11 is 0. The van der Waals surface area contributed by atoms with Crippen LogP contribution in [0.1, 0.15) is 16.7 Å². The summed E-state index contributed by atoms with van der Waals surface area (Å²) in [5.74, 6) is 0. The predicted molar refractivity (Wildman–Crippen MR) is 109 cm³/mol. The largest absolute Gasteiger partial charge is 0.0622 e. The molecular weight excluding hydrogens is 300 g/mol. The molecule has 25 heavy (non-hydrogen) atoms. The zero-order valence-electron chi connectivity index (χ0n) is 15.0. The fraction of sp³-hybridized carbons (Fsp3) is 0.120. The van der Waals surface area contributed by atoms with Crippen molar-refractivity contribution in [2.45, 2.75) is 20.8 Å². The van der Waals surface area contributed by atoms with Crippen LogP contribution in [0.25, 0.3) is 33.0 Å². The Labute approximate surface area is 149 Å². The zero-order valence-corrected chi connectivity index (χ0v) is 15.0. The Bertz CT molecular complexity index is 1040. The van der Waals surface area contributed by atoms with Crippen LogP contribution in [0.5, 0.6) is 0 Å². The van der Waals surface area contributed by atoms with E-state index in [4.69, 9.17) is 0 Å². The van der Waals surface area contributed by atoms with Gasteiger partial charge in [0, 0.05) is 0 Å². The van der Waals surface area contributed by atoms with E-state index in [9.17, 15) is 0 Å². The summed E-state index contributed by atoms with van der Waals surface area (Å²) in [7, 11) is 0. The predicted octanol–water partition coefficient (Wildman–Crippen LogP) is 7.10. The summed E-state index contributed by atoms with van der Waals surface area (Å²) < 4.78 is 0. The van der Waals surface area contributed by atoms with Gasteiger partial charge in [0.1, 0.15) is 0 Å². The van der Waals surface area contributed by atoms with Crippen molar-refractivity contribution in [1.29, 1.82) is 0 Å². The molecule has 0 aliphatic heterocycles. The van der Waals surface area contributed by atoms with Crippen molar-refractivity contribution in [1.82, 2.24) is 0 Å². The van der Waals surface area contributed by atoms with Crippen molar-refractivity contribution in [3.63, 3.8) is 0 Å². The molecule has 0 heteroatoms. The van der Waals surface area contributed by atoms with Crippen LogP contribution in [0.3, 0.4) is 0 Å². The van der Waals surface area contributed by atoms with E-state index in [0.29, 0.717) is 0 Å². The number of benzene rings is 4. The molecule has 0 spiro atoms. The van der Waals surface area contributed by atoms with Crippen molar-refractivity contribution in [2.24, 2.45) is 0 Å². The summed E-state index contributed by atoms with van der Waals surface area (Å²) in [6.07, 6.45) is 0. The third kappa shape index (κ3) is 2.85. The van der Waals surface area contributed by atoms with Gasteiger partial charge in [0.05, 0.1) is 0 Å². The molecule has 0 N–H and O–H groups in total. The fourth-order valence-corrected chi connectivity index (χ4v) is 3.46. The molecule has 0 aromatic heterocycles. The minimum atomic E-state index is 1.27. The van der Waals surface area contributed by atoms with Crippen LogP contribution in [0.15, 0.2) is 78.9 Å². The molecule has 122 valence electrons. The van der Waals surface area contributed by atoms with Crippen molar-refractivity contribution in [3.05, 3.63) is 95.6 Å². The highest BCUT2D eigenvalue weighted by atomic mass is 14.1. The molecule has 4 aromatic rings. The highest BCUT2D eigenvalue weighted by Gasteiger charge is 2.11. The summed E-state index contributed by atoms with van der Waals surface area (Å²) in [5.41, 5.74) is 9.12. The maximum Gasteiger partial charge on any atom is -0.00963 e. The van der Waals surface area contributed by atoms with E-state index in [1.807, 2.05) is 0 Å². The van der Waals surface area contributed by atoms with Gasteiger partial charge in [0.25, 0.3) is 0 Å². The molecule has 4 aromatic carbocycles. The summed E-state index contributed by atoms with van der Waals surface area (Å²) in [6, 6.07) is 28.7. The van der Waals surface area contributed by atoms with Crippen LogP contribution in [-0.2, 0) is 0 Å². The summed E-state index contributed by atoms with van der Waals surface area (Å²) in [4.78, 5) is 0. The molecule has 0 radical (unpaired) electrons. The van der Waals surface area contributed by atoms with Crippen LogP contribution in [0.4, 0.5) is 0 Å². The molecule has 0 heterocycles. The molecule has 0 fully saturated rings. The highest BCUT2D eigenvalue weighted by molar-refractivity contribution is 6.05.